The topological polar surface area (TPSA) is 30.5 Å². The molecule has 0 radical (unpaired) electrons. The van der Waals surface area contributed by atoms with Crippen LogP contribution in [0.5, 0.6) is 11.5 Å². The van der Waals surface area contributed by atoms with Gasteiger partial charge in [0, 0.05) is 6.54 Å². The molecule has 2 aliphatic rings. The summed E-state index contributed by atoms with van der Waals surface area (Å²) in [7, 11) is 1.73. The molecule has 1 aromatic carbocycles. The van der Waals surface area contributed by atoms with Crippen LogP contribution in [0, 0.1) is 0 Å². The van der Waals surface area contributed by atoms with E-state index in [0.717, 1.165) is 24.6 Å². The third kappa shape index (κ3) is 2.86. The van der Waals surface area contributed by atoms with Gasteiger partial charge in [-0.05, 0) is 62.3 Å². The SMILES string of the molecule is COc1cc(C2CCCNC2)ccc1OC1CCC1. The first-order valence-corrected chi connectivity index (χ1v) is 7.42. The monoisotopic (exact) mass is 261 g/mol. The van der Waals surface area contributed by atoms with Crippen molar-refractivity contribution in [3.63, 3.8) is 0 Å². The first-order valence-electron chi connectivity index (χ1n) is 7.42. The lowest BCUT2D eigenvalue weighted by Crippen LogP contribution is -2.28. The van der Waals surface area contributed by atoms with Crippen molar-refractivity contribution in [1.82, 2.24) is 5.32 Å². The van der Waals surface area contributed by atoms with Crippen molar-refractivity contribution in [2.75, 3.05) is 20.2 Å². The highest BCUT2D eigenvalue weighted by atomic mass is 16.5. The fraction of sp³-hybridized carbons (Fsp3) is 0.625. The standard InChI is InChI=1S/C16H23NO2/c1-18-16-10-12(13-4-3-9-17-11-13)7-8-15(16)19-14-5-2-6-14/h7-8,10,13-14,17H,2-6,9,11H2,1H3. The zero-order valence-corrected chi connectivity index (χ0v) is 11.7. The molecule has 0 bridgehead atoms. The van der Waals surface area contributed by atoms with Crippen LogP contribution in [0.4, 0.5) is 0 Å². The number of benzene rings is 1. The highest BCUT2D eigenvalue weighted by Gasteiger charge is 2.22. The van der Waals surface area contributed by atoms with Gasteiger partial charge in [-0.1, -0.05) is 6.07 Å². The number of ether oxygens (including phenoxy) is 2. The molecule has 3 heteroatoms. The van der Waals surface area contributed by atoms with Gasteiger partial charge in [-0.2, -0.15) is 0 Å². The molecule has 1 N–H and O–H groups in total. The van der Waals surface area contributed by atoms with Crippen LogP contribution in [-0.4, -0.2) is 26.3 Å². The summed E-state index contributed by atoms with van der Waals surface area (Å²) in [6, 6.07) is 6.45. The van der Waals surface area contributed by atoms with Gasteiger partial charge < -0.3 is 14.8 Å². The number of methoxy groups -OCH3 is 1. The van der Waals surface area contributed by atoms with Crippen molar-refractivity contribution in [3.8, 4) is 11.5 Å². The van der Waals surface area contributed by atoms with E-state index in [1.54, 1.807) is 7.11 Å². The van der Waals surface area contributed by atoms with Crippen LogP contribution in [-0.2, 0) is 0 Å². The molecule has 0 amide bonds. The molecule has 1 saturated heterocycles. The van der Waals surface area contributed by atoms with Crippen molar-refractivity contribution in [1.29, 1.82) is 0 Å². The first kappa shape index (κ1) is 12.8. The molecule has 1 aliphatic carbocycles. The third-order valence-corrected chi connectivity index (χ3v) is 4.30. The fourth-order valence-electron chi connectivity index (χ4n) is 2.84. The van der Waals surface area contributed by atoms with E-state index in [0.29, 0.717) is 12.0 Å². The number of hydrogen-bond donors (Lipinski definition) is 1. The van der Waals surface area contributed by atoms with Crippen LogP contribution < -0.4 is 14.8 Å². The maximum Gasteiger partial charge on any atom is 0.161 e. The molecule has 1 heterocycles. The van der Waals surface area contributed by atoms with E-state index < -0.39 is 0 Å². The maximum atomic E-state index is 5.97. The second-order valence-electron chi connectivity index (χ2n) is 5.62. The zero-order valence-electron chi connectivity index (χ0n) is 11.7. The number of nitrogens with one attached hydrogen (secondary N) is 1. The predicted molar refractivity (Wildman–Crippen MR) is 76.1 cm³/mol. The Labute approximate surface area is 115 Å². The summed E-state index contributed by atoms with van der Waals surface area (Å²) in [5, 5.41) is 3.46. The minimum absolute atomic E-state index is 0.399. The Bertz CT molecular complexity index is 423. The van der Waals surface area contributed by atoms with E-state index in [9.17, 15) is 0 Å². The van der Waals surface area contributed by atoms with E-state index in [4.69, 9.17) is 9.47 Å². The zero-order chi connectivity index (χ0) is 13.1. The molecule has 1 unspecified atom stereocenters. The van der Waals surface area contributed by atoms with Gasteiger partial charge in [0.2, 0.25) is 0 Å². The van der Waals surface area contributed by atoms with Gasteiger partial charge in [-0.15, -0.1) is 0 Å². The van der Waals surface area contributed by atoms with E-state index >= 15 is 0 Å². The minimum atomic E-state index is 0.399. The molecule has 1 aliphatic heterocycles. The largest absolute Gasteiger partial charge is 0.493 e. The number of rotatable bonds is 4. The molecule has 3 rings (SSSR count). The highest BCUT2D eigenvalue weighted by molar-refractivity contribution is 5.44. The molecule has 1 saturated carbocycles. The molecule has 1 aromatic rings. The van der Waals surface area contributed by atoms with E-state index in [-0.39, 0.29) is 0 Å². The quantitative estimate of drug-likeness (QED) is 0.903. The summed E-state index contributed by atoms with van der Waals surface area (Å²) >= 11 is 0. The summed E-state index contributed by atoms with van der Waals surface area (Å²) in [5.74, 6) is 2.40. The fourth-order valence-corrected chi connectivity index (χ4v) is 2.84. The summed E-state index contributed by atoms with van der Waals surface area (Å²) in [4.78, 5) is 0. The van der Waals surface area contributed by atoms with Crippen LogP contribution in [0.2, 0.25) is 0 Å². The van der Waals surface area contributed by atoms with E-state index in [2.05, 4.69) is 23.5 Å². The average Bonchev–Trinajstić information content (AvgIpc) is 2.44. The first-order chi connectivity index (χ1) is 9.36. The van der Waals surface area contributed by atoms with Gasteiger partial charge in [0.1, 0.15) is 0 Å². The molecule has 19 heavy (non-hydrogen) atoms. The van der Waals surface area contributed by atoms with Crippen molar-refractivity contribution in [2.24, 2.45) is 0 Å². The van der Waals surface area contributed by atoms with Gasteiger partial charge in [-0.3, -0.25) is 0 Å². The van der Waals surface area contributed by atoms with Crippen LogP contribution in [0.3, 0.4) is 0 Å². The van der Waals surface area contributed by atoms with Gasteiger partial charge in [-0.25, -0.2) is 0 Å². The van der Waals surface area contributed by atoms with Crippen molar-refractivity contribution < 1.29 is 9.47 Å². The lowest BCUT2D eigenvalue weighted by molar-refractivity contribution is 0.116. The molecular formula is C16H23NO2. The normalized spacial score (nSPS) is 23.7. The van der Waals surface area contributed by atoms with Gasteiger partial charge >= 0.3 is 0 Å². The summed E-state index contributed by atoms with van der Waals surface area (Å²) in [6.45, 7) is 2.22. The summed E-state index contributed by atoms with van der Waals surface area (Å²) in [6.07, 6.45) is 6.57. The Balaban J connectivity index is 1.75. The van der Waals surface area contributed by atoms with Gasteiger partial charge in [0.05, 0.1) is 13.2 Å². The van der Waals surface area contributed by atoms with Crippen LogP contribution >= 0.6 is 0 Å². The van der Waals surface area contributed by atoms with E-state index in [1.807, 2.05) is 0 Å². The minimum Gasteiger partial charge on any atom is -0.493 e. The Morgan fingerprint density at radius 2 is 2.00 bits per heavy atom. The van der Waals surface area contributed by atoms with Crippen LogP contribution in [0.1, 0.15) is 43.6 Å². The maximum absolute atomic E-state index is 5.97. The molecule has 1 atom stereocenters. The van der Waals surface area contributed by atoms with Gasteiger partial charge in [0.15, 0.2) is 11.5 Å². The number of piperidine rings is 1. The van der Waals surface area contributed by atoms with Crippen molar-refractivity contribution in [3.05, 3.63) is 23.8 Å². The lowest BCUT2D eigenvalue weighted by atomic mass is 9.91. The highest BCUT2D eigenvalue weighted by Crippen LogP contribution is 2.35. The molecular weight excluding hydrogens is 238 g/mol. The second kappa shape index (κ2) is 5.83. The van der Waals surface area contributed by atoms with E-state index in [1.165, 1.54) is 37.7 Å². The Kier molecular flexibility index (Phi) is 3.92. The molecule has 104 valence electrons. The Morgan fingerprint density at radius 1 is 1.11 bits per heavy atom. The Hall–Kier alpha value is -1.22. The third-order valence-electron chi connectivity index (χ3n) is 4.30. The Morgan fingerprint density at radius 3 is 2.63 bits per heavy atom. The smallest absolute Gasteiger partial charge is 0.161 e. The molecule has 0 spiro atoms. The number of hydrogen-bond acceptors (Lipinski definition) is 3. The van der Waals surface area contributed by atoms with Crippen LogP contribution in [0.15, 0.2) is 18.2 Å². The summed E-state index contributed by atoms with van der Waals surface area (Å²) in [5.41, 5.74) is 1.37. The van der Waals surface area contributed by atoms with Crippen LogP contribution in [0.25, 0.3) is 0 Å². The van der Waals surface area contributed by atoms with Gasteiger partial charge in [0.25, 0.3) is 0 Å². The average molecular weight is 261 g/mol. The molecule has 2 fully saturated rings. The summed E-state index contributed by atoms with van der Waals surface area (Å²) < 4.78 is 11.5. The molecule has 0 aromatic heterocycles. The second-order valence-corrected chi connectivity index (χ2v) is 5.62. The molecule has 3 nitrogen and oxygen atoms in total. The van der Waals surface area contributed by atoms with Crippen molar-refractivity contribution >= 4 is 0 Å². The lowest BCUT2D eigenvalue weighted by Gasteiger charge is -2.28. The predicted octanol–water partition coefficient (Wildman–Crippen LogP) is 3.09. The van der Waals surface area contributed by atoms with Crippen molar-refractivity contribution in [2.45, 2.75) is 44.1 Å².